The van der Waals surface area contributed by atoms with Crippen molar-refractivity contribution in [2.75, 3.05) is 5.32 Å². The number of carbonyl (C=O) groups excluding carboxylic acids is 1. The maximum atomic E-state index is 13.3. The van der Waals surface area contributed by atoms with Crippen LogP contribution in [-0.2, 0) is 41.2 Å². The molecule has 3 N–H and O–H groups in total. The van der Waals surface area contributed by atoms with Crippen LogP contribution in [0.15, 0.2) is 20.8 Å². The zero-order chi connectivity index (χ0) is 21.5. The number of anilines is 1. The van der Waals surface area contributed by atoms with E-state index in [9.17, 15) is 14.1 Å². The van der Waals surface area contributed by atoms with Crippen molar-refractivity contribution in [3.63, 3.8) is 0 Å². The van der Waals surface area contributed by atoms with Crippen LogP contribution in [0, 0.1) is 11.5 Å². The Morgan fingerprint density at radius 3 is 2.43 bits per heavy atom. The molecule has 0 saturated carbocycles. The molecule has 1 aromatic carbocycles. The Kier molecular flexibility index (Phi) is 5.30. The van der Waals surface area contributed by atoms with Crippen molar-refractivity contribution >= 4 is 33.0 Å². The highest BCUT2D eigenvalue weighted by atomic mass is 32.2. The van der Waals surface area contributed by atoms with Crippen LogP contribution >= 0.6 is 11.3 Å². The fourth-order valence-electron chi connectivity index (χ4n) is 4.06. The molecule has 0 unspecified atom stereocenters. The van der Waals surface area contributed by atoms with Gasteiger partial charge in [0.05, 0.1) is 6.20 Å². The Morgan fingerprint density at radius 1 is 1.27 bits per heavy atom. The number of amides is 2. The van der Waals surface area contributed by atoms with Crippen LogP contribution in [0.2, 0.25) is 0 Å². The molecule has 10 heteroatoms. The summed E-state index contributed by atoms with van der Waals surface area (Å²) in [5.74, 6) is 0. The van der Waals surface area contributed by atoms with Crippen molar-refractivity contribution in [3.05, 3.63) is 39.5 Å². The molecular weight excluding hydrogens is 422 g/mol. The number of benzene rings is 1. The molecule has 1 aromatic heterocycles. The summed E-state index contributed by atoms with van der Waals surface area (Å²) < 4.78 is 19.4. The van der Waals surface area contributed by atoms with Crippen molar-refractivity contribution in [2.45, 2.75) is 62.2 Å². The monoisotopic (exact) mass is 445 g/mol. The van der Waals surface area contributed by atoms with Crippen LogP contribution in [0.3, 0.4) is 0 Å². The fourth-order valence-corrected chi connectivity index (χ4v) is 6.47. The van der Waals surface area contributed by atoms with E-state index in [2.05, 4.69) is 25.5 Å². The third-order valence-electron chi connectivity index (χ3n) is 5.38. The Bertz CT molecular complexity index is 1150. The molecule has 0 radical (unpaired) electrons. The summed E-state index contributed by atoms with van der Waals surface area (Å²) in [5.41, 5.74) is 4.37. The second kappa shape index (κ2) is 7.65. The van der Waals surface area contributed by atoms with Gasteiger partial charge in [0.2, 0.25) is 0 Å². The molecule has 1 heterocycles. The van der Waals surface area contributed by atoms with Gasteiger partial charge in [0.1, 0.15) is 14.8 Å². The smallest absolute Gasteiger partial charge is 0.355 e. The average molecular weight is 446 g/mol. The third-order valence-corrected chi connectivity index (χ3v) is 8.86. The first-order valence-corrected chi connectivity index (χ1v) is 12.1. The molecule has 2 aliphatic carbocycles. The Balaban J connectivity index is 1.70. The molecule has 0 aliphatic heterocycles. The lowest BCUT2D eigenvalue weighted by Crippen LogP contribution is -2.21. The number of aliphatic hydroxyl groups is 1. The van der Waals surface area contributed by atoms with E-state index in [1.807, 2.05) is 0 Å². The summed E-state index contributed by atoms with van der Waals surface area (Å²) in [6.07, 6.45) is 8.78. The molecule has 0 spiro atoms. The second-order valence-corrected chi connectivity index (χ2v) is 11.2. The number of hydrogen-bond acceptors (Lipinski definition) is 6. The quantitative estimate of drug-likeness (QED) is 0.491. The van der Waals surface area contributed by atoms with Gasteiger partial charge < -0.3 is 10.4 Å². The van der Waals surface area contributed by atoms with Gasteiger partial charge in [-0.05, 0) is 74.6 Å². The van der Waals surface area contributed by atoms with Gasteiger partial charge >= 0.3 is 6.03 Å². The summed E-state index contributed by atoms with van der Waals surface area (Å²) in [6, 6.07) is 1.49. The minimum Gasteiger partial charge on any atom is -0.383 e. The van der Waals surface area contributed by atoms with E-state index < -0.39 is 21.5 Å². The van der Waals surface area contributed by atoms with Gasteiger partial charge in [-0.2, -0.15) is 5.26 Å². The number of hydrogen-bond donors (Lipinski definition) is 3. The lowest BCUT2D eigenvalue weighted by Gasteiger charge is -2.15. The zero-order valence-electron chi connectivity index (χ0n) is 16.8. The average Bonchev–Trinajstić information content (AvgIpc) is 3.41. The van der Waals surface area contributed by atoms with E-state index in [1.54, 1.807) is 20.0 Å². The maximum absolute atomic E-state index is 13.3. The molecule has 0 fully saturated rings. The molecule has 4 rings (SSSR count). The molecule has 1 atom stereocenters. The van der Waals surface area contributed by atoms with Crippen molar-refractivity contribution in [3.8, 4) is 6.19 Å². The van der Waals surface area contributed by atoms with E-state index in [0.29, 0.717) is 5.01 Å². The van der Waals surface area contributed by atoms with Gasteiger partial charge in [0.15, 0.2) is 16.1 Å². The minimum atomic E-state index is -3.56. The lowest BCUT2D eigenvalue weighted by atomic mass is 9.99. The maximum Gasteiger partial charge on any atom is 0.355 e. The summed E-state index contributed by atoms with van der Waals surface area (Å²) in [7, 11) is -3.56. The summed E-state index contributed by atoms with van der Waals surface area (Å²) >= 11 is 0.951. The summed E-state index contributed by atoms with van der Waals surface area (Å²) in [6.45, 7) is 3.10. The fraction of sp³-hybridized carbons (Fsp3) is 0.450. The molecule has 30 heavy (non-hydrogen) atoms. The third kappa shape index (κ3) is 3.80. The van der Waals surface area contributed by atoms with E-state index in [0.717, 1.165) is 66.7 Å². The standard InChI is InChI=1S/C20H23N5O3S2/c1-20(2,27)18-22-10-16(29-18)30(28,23-11-21)25-19(26)24-17-14-7-3-5-12(14)9-13-6-4-8-15(13)17/h9-10,27H,3-8H2,1-2H3,(H2,23,24,25,26,28)/t30-/m1/s1. The normalized spacial score (nSPS) is 16.9. The van der Waals surface area contributed by atoms with Gasteiger partial charge in [0.25, 0.3) is 0 Å². The molecule has 158 valence electrons. The molecule has 2 amide bonds. The number of carbonyl (C=O) groups is 1. The van der Waals surface area contributed by atoms with Crippen molar-refractivity contribution in [1.82, 2.24) is 9.71 Å². The molecule has 0 bridgehead atoms. The molecule has 2 aliphatic rings. The van der Waals surface area contributed by atoms with Crippen LogP contribution in [0.4, 0.5) is 10.5 Å². The number of nitriles is 1. The number of aryl methyl sites for hydroxylation is 2. The number of rotatable bonds is 4. The molecule has 8 nitrogen and oxygen atoms in total. The Hall–Kier alpha value is -2.48. The van der Waals surface area contributed by atoms with Crippen molar-refractivity contribution < 1.29 is 14.1 Å². The summed E-state index contributed by atoms with van der Waals surface area (Å²) in [5, 5.41) is 22.4. The second-order valence-electron chi connectivity index (χ2n) is 8.04. The Morgan fingerprint density at radius 2 is 1.90 bits per heavy atom. The van der Waals surface area contributed by atoms with Gasteiger partial charge in [-0.1, -0.05) is 6.07 Å². The van der Waals surface area contributed by atoms with Gasteiger partial charge in [-0.15, -0.1) is 15.7 Å². The highest BCUT2D eigenvalue weighted by Gasteiger charge is 2.27. The van der Waals surface area contributed by atoms with Gasteiger partial charge in [-0.25, -0.2) is 18.7 Å². The predicted molar refractivity (Wildman–Crippen MR) is 114 cm³/mol. The summed E-state index contributed by atoms with van der Waals surface area (Å²) in [4.78, 5) is 16.9. The minimum absolute atomic E-state index is 0.111. The van der Waals surface area contributed by atoms with Crippen molar-refractivity contribution in [1.29, 1.82) is 5.26 Å². The highest BCUT2D eigenvalue weighted by molar-refractivity contribution is 7.94. The first kappa shape index (κ1) is 20.8. The number of thiazole rings is 1. The molecule has 2 aromatic rings. The van der Waals surface area contributed by atoms with Crippen LogP contribution in [0.1, 0.15) is 54.0 Å². The Labute approximate surface area is 179 Å². The number of fused-ring (bicyclic) bond motifs is 2. The van der Waals surface area contributed by atoms with E-state index in [1.165, 1.54) is 17.3 Å². The van der Waals surface area contributed by atoms with E-state index in [4.69, 9.17) is 5.26 Å². The molecular formula is C20H23N5O3S2. The van der Waals surface area contributed by atoms with Gasteiger partial charge in [-0.3, -0.25) is 0 Å². The number of nitrogens with zero attached hydrogens (tertiary/aromatic N) is 3. The van der Waals surface area contributed by atoms with Crippen LogP contribution < -0.4 is 10.0 Å². The zero-order valence-corrected chi connectivity index (χ0v) is 18.5. The number of urea groups is 1. The van der Waals surface area contributed by atoms with Crippen LogP contribution in [0.5, 0.6) is 0 Å². The van der Waals surface area contributed by atoms with Gasteiger partial charge in [0, 0.05) is 5.69 Å². The largest absolute Gasteiger partial charge is 0.383 e. The van der Waals surface area contributed by atoms with Crippen LogP contribution in [-0.4, -0.2) is 20.3 Å². The van der Waals surface area contributed by atoms with E-state index in [-0.39, 0.29) is 4.21 Å². The number of aromatic nitrogens is 1. The predicted octanol–water partition coefficient (Wildman–Crippen LogP) is 3.39. The number of nitrogens with one attached hydrogen (secondary N) is 2. The molecule has 0 saturated heterocycles. The van der Waals surface area contributed by atoms with Crippen LogP contribution in [0.25, 0.3) is 0 Å². The topological polar surface area (TPSA) is 127 Å². The first-order valence-electron chi connectivity index (χ1n) is 9.80. The highest BCUT2D eigenvalue weighted by Crippen LogP contribution is 2.38. The SMILES string of the molecule is CC(C)(O)c1ncc([S@](=O)(=NC(=O)Nc2c3c(cc4c2CCC4)CCC3)NC#N)s1. The first-order chi connectivity index (χ1) is 14.2. The van der Waals surface area contributed by atoms with E-state index >= 15 is 0 Å². The lowest BCUT2D eigenvalue weighted by molar-refractivity contribution is 0.0783. The van der Waals surface area contributed by atoms with Crippen molar-refractivity contribution in [2.24, 2.45) is 4.36 Å².